The molecule has 4 heteroatoms. The molecule has 1 aromatic heterocycles. The Labute approximate surface area is 110 Å². The summed E-state index contributed by atoms with van der Waals surface area (Å²) < 4.78 is 5.37. The van der Waals surface area contributed by atoms with E-state index in [4.69, 9.17) is 16.0 Å². The van der Waals surface area contributed by atoms with Gasteiger partial charge in [0.2, 0.25) is 0 Å². The number of benzene rings is 1. The molecular weight excluding hydrogens is 250 g/mol. The first-order valence-electron chi connectivity index (χ1n) is 6.17. The third-order valence-electron chi connectivity index (χ3n) is 3.47. The number of fused-ring (bicyclic) bond motifs is 1. The summed E-state index contributed by atoms with van der Waals surface area (Å²) in [4.78, 5) is 12.2. The van der Waals surface area contributed by atoms with Crippen LogP contribution in [0.25, 0.3) is 11.0 Å². The highest BCUT2D eigenvalue weighted by Gasteiger charge is 2.27. The molecule has 0 saturated heterocycles. The minimum Gasteiger partial charge on any atom is -0.463 e. The molecule has 0 radical (unpaired) electrons. The number of halogens is 1. The van der Waals surface area contributed by atoms with Crippen LogP contribution in [0.5, 0.6) is 0 Å². The zero-order valence-corrected chi connectivity index (χ0v) is 10.6. The van der Waals surface area contributed by atoms with Crippen LogP contribution in [0.2, 0.25) is 0 Å². The Morgan fingerprint density at radius 3 is 2.94 bits per heavy atom. The molecule has 1 heterocycles. The van der Waals surface area contributed by atoms with Gasteiger partial charge in [0.15, 0.2) is 0 Å². The first-order valence-corrected chi connectivity index (χ1v) is 6.60. The van der Waals surface area contributed by atoms with Crippen molar-refractivity contribution in [3.05, 3.63) is 36.1 Å². The molecule has 2 aromatic rings. The van der Waals surface area contributed by atoms with E-state index in [1.807, 2.05) is 24.3 Å². The Kier molecular flexibility index (Phi) is 3.00. The van der Waals surface area contributed by atoms with Gasteiger partial charge in [-0.1, -0.05) is 18.2 Å². The molecule has 1 fully saturated rings. The molecule has 18 heavy (non-hydrogen) atoms. The maximum Gasteiger partial charge on any atom is 0.255 e. The lowest BCUT2D eigenvalue weighted by Crippen LogP contribution is -2.37. The predicted octanol–water partition coefficient (Wildman–Crippen LogP) is 3.32. The van der Waals surface area contributed by atoms with Crippen LogP contribution in [0, 0.1) is 0 Å². The van der Waals surface area contributed by atoms with E-state index in [-0.39, 0.29) is 17.3 Å². The van der Waals surface area contributed by atoms with Gasteiger partial charge in [-0.05, 0) is 25.3 Å². The average molecular weight is 264 g/mol. The highest BCUT2D eigenvalue weighted by Crippen LogP contribution is 2.25. The molecule has 1 amide bonds. The zero-order valence-electron chi connectivity index (χ0n) is 9.86. The number of amides is 1. The van der Waals surface area contributed by atoms with Crippen LogP contribution in [-0.4, -0.2) is 17.3 Å². The Bertz CT molecular complexity index is 578. The Morgan fingerprint density at radius 2 is 2.17 bits per heavy atom. The fourth-order valence-corrected chi connectivity index (χ4v) is 2.82. The molecule has 2 atom stereocenters. The maximum absolute atomic E-state index is 12.2. The van der Waals surface area contributed by atoms with Crippen molar-refractivity contribution >= 4 is 28.5 Å². The molecule has 0 bridgehead atoms. The van der Waals surface area contributed by atoms with E-state index in [0.29, 0.717) is 5.56 Å². The highest BCUT2D eigenvalue weighted by molar-refractivity contribution is 6.21. The first-order chi connectivity index (χ1) is 8.75. The summed E-state index contributed by atoms with van der Waals surface area (Å²) in [5.41, 5.74) is 1.32. The highest BCUT2D eigenvalue weighted by atomic mass is 35.5. The number of rotatable bonds is 2. The summed E-state index contributed by atoms with van der Waals surface area (Å²) in [6, 6.07) is 7.60. The average Bonchev–Trinajstić information content (AvgIpc) is 2.96. The second-order valence-corrected chi connectivity index (χ2v) is 5.23. The number of hydrogen-bond donors (Lipinski definition) is 1. The van der Waals surface area contributed by atoms with Gasteiger partial charge in [0, 0.05) is 11.4 Å². The maximum atomic E-state index is 12.2. The van der Waals surface area contributed by atoms with E-state index < -0.39 is 0 Å². The minimum absolute atomic E-state index is 0.0483. The summed E-state index contributed by atoms with van der Waals surface area (Å²) in [5, 5.41) is 3.89. The van der Waals surface area contributed by atoms with Crippen molar-refractivity contribution in [1.82, 2.24) is 5.32 Å². The van der Waals surface area contributed by atoms with Gasteiger partial charge >= 0.3 is 0 Å². The normalized spacial score (nSPS) is 23.4. The van der Waals surface area contributed by atoms with Crippen LogP contribution < -0.4 is 5.32 Å². The van der Waals surface area contributed by atoms with E-state index in [1.54, 1.807) is 0 Å². The molecule has 1 N–H and O–H groups in total. The Morgan fingerprint density at radius 1 is 1.33 bits per heavy atom. The molecule has 3 nitrogen and oxygen atoms in total. The lowest BCUT2D eigenvalue weighted by molar-refractivity contribution is 0.0939. The van der Waals surface area contributed by atoms with Gasteiger partial charge in [0.05, 0.1) is 10.9 Å². The fraction of sp³-hybridized carbons (Fsp3) is 0.357. The number of nitrogens with one attached hydrogen (secondary N) is 1. The molecule has 94 valence electrons. The second kappa shape index (κ2) is 4.65. The molecule has 1 saturated carbocycles. The van der Waals surface area contributed by atoms with Gasteiger partial charge in [-0.3, -0.25) is 4.79 Å². The fourth-order valence-electron chi connectivity index (χ4n) is 2.48. The third-order valence-corrected chi connectivity index (χ3v) is 4.00. The van der Waals surface area contributed by atoms with Gasteiger partial charge in [-0.25, -0.2) is 0 Å². The van der Waals surface area contributed by atoms with Crippen molar-refractivity contribution in [2.75, 3.05) is 0 Å². The van der Waals surface area contributed by atoms with Gasteiger partial charge in [0.25, 0.3) is 5.91 Å². The summed E-state index contributed by atoms with van der Waals surface area (Å²) >= 11 is 6.16. The van der Waals surface area contributed by atoms with Crippen LogP contribution in [0.1, 0.15) is 29.6 Å². The Balaban J connectivity index is 1.84. The van der Waals surface area contributed by atoms with Crippen LogP contribution >= 0.6 is 11.6 Å². The van der Waals surface area contributed by atoms with Crippen molar-refractivity contribution in [3.63, 3.8) is 0 Å². The standard InChI is InChI=1S/C14H14ClNO2/c15-11-5-3-6-12(11)16-14(17)10-8-18-13-7-2-1-4-9(10)13/h1-2,4,7-8,11-12H,3,5-6H2,(H,16,17). The monoisotopic (exact) mass is 263 g/mol. The smallest absolute Gasteiger partial charge is 0.255 e. The summed E-state index contributed by atoms with van der Waals surface area (Å²) in [7, 11) is 0. The van der Waals surface area contributed by atoms with Crippen LogP contribution in [0.15, 0.2) is 34.9 Å². The van der Waals surface area contributed by atoms with Crippen molar-refractivity contribution in [1.29, 1.82) is 0 Å². The number of carbonyl (C=O) groups excluding carboxylic acids is 1. The number of carbonyl (C=O) groups is 1. The molecule has 3 rings (SSSR count). The van der Waals surface area contributed by atoms with Crippen molar-refractivity contribution in [3.8, 4) is 0 Å². The van der Waals surface area contributed by atoms with E-state index in [2.05, 4.69) is 5.32 Å². The molecule has 0 aliphatic heterocycles. The number of hydrogen-bond acceptors (Lipinski definition) is 2. The van der Waals surface area contributed by atoms with Crippen molar-refractivity contribution in [2.24, 2.45) is 0 Å². The number of alkyl halides is 1. The number of furan rings is 1. The van der Waals surface area contributed by atoms with Crippen molar-refractivity contribution in [2.45, 2.75) is 30.7 Å². The van der Waals surface area contributed by atoms with E-state index >= 15 is 0 Å². The van der Waals surface area contributed by atoms with E-state index in [9.17, 15) is 4.79 Å². The Hall–Kier alpha value is -1.48. The van der Waals surface area contributed by atoms with Crippen LogP contribution in [-0.2, 0) is 0 Å². The van der Waals surface area contributed by atoms with Crippen LogP contribution in [0.3, 0.4) is 0 Å². The number of para-hydroxylation sites is 1. The van der Waals surface area contributed by atoms with Gasteiger partial charge in [-0.15, -0.1) is 11.6 Å². The quantitative estimate of drug-likeness (QED) is 0.845. The second-order valence-electron chi connectivity index (χ2n) is 4.67. The molecular formula is C14H14ClNO2. The molecule has 1 aliphatic carbocycles. The molecule has 1 aliphatic rings. The summed E-state index contributed by atoms with van der Waals surface area (Å²) in [6.07, 6.45) is 4.51. The largest absolute Gasteiger partial charge is 0.463 e. The van der Waals surface area contributed by atoms with Gasteiger partial charge in [-0.2, -0.15) is 0 Å². The topological polar surface area (TPSA) is 42.2 Å². The third kappa shape index (κ3) is 1.99. The van der Waals surface area contributed by atoms with Gasteiger partial charge < -0.3 is 9.73 Å². The van der Waals surface area contributed by atoms with Crippen molar-refractivity contribution < 1.29 is 9.21 Å². The lowest BCUT2D eigenvalue weighted by atomic mass is 10.1. The first kappa shape index (κ1) is 11.6. The van der Waals surface area contributed by atoms with E-state index in [1.165, 1.54) is 6.26 Å². The predicted molar refractivity (Wildman–Crippen MR) is 71.0 cm³/mol. The van der Waals surface area contributed by atoms with E-state index in [0.717, 1.165) is 30.2 Å². The lowest BCUT2D eigenvalue weighted by Gasteiger charge is -2.15. The molecule has 0 spiro atoms. The molecule has 2 unspecified atom stereocenters. The zero-order chi connectivity index (χ0) is 12.5. The molecule has 1 aromatic carbocycles. The summed E-state index contributed by atoms with van der Waals surface area (Å²) in [6.45, 7) is 0. The SMILES string of the molecule is O=C(NC1CCCC1Cl)c1coc2ccccc12. The minimum atomic E-state index is -0.0995. The van der Waals surface area contributed by atoms with Gasteiger partial charge in [0.1, 0.15) is 11.8 Å². The van der Waals surface area contributed by atoms with Crippen LogP contribution in [0.4, 0.5) is 0 Å². The summed E-state index contributed by atoms with van der Waals surface area (Å²) in [5.74, 6) is -0.0995.